The molecule has 2 unspecified atom stereocenters. The van der Waals surface area contributed by atoms with Crippen molar-refractivity contribution in [3.8, 4) is 0 Å². The van der Waals surface area contributed by atoms with Crippen LogP contribution in [0.25, 0.3) is 6.08 Å². The summed E-state index contributed by atoms with van der Waals surface area (Å²) in [5.74, 6) is -0.648. The van der Waals surface area contributed by atoms with Crippen molar-refractivity contribution in [2.24, 2.45) is 5.92 Å². The van der Waals surface area contributed by atoms with Crippen molar-refractivity contribution in [1.82, 2.24) is 4.90 Å². The van der Waals surface area contributed by atoms with Crippen LogP contribution in [-0.4, -0.2) is 28.6 Å². The van der Waals surface area contributed by atoms with Crippen LogP contribution >= 0.6 is 0 Å². The fraction of sp³-hybridized carbons (Fsp3) is 0.471. The van der Waals surface area contributed by atoms with Crippen LogP contribution in [0.4, 0.5) is 4.39 Å². The summed E-state index contributed by atoms with van der Waals surface area (Å²) in [6.45, 7) is 6.03. The fourth-order valence-corrected chi connectivity index (χ4v) is 2.78. The highest BCUT2D eigenvalue weighted by molar-refractivity contribution is 5.85. The lowest BCUT2D eigenvalue weighted by Gasteiger charge is -2.36. The van der Waals surface area contributed by atoms with Gasteiger partial charge in [0.1, 0.15) is 5.82 Å². The van der Waals surface area contributed by atoms with Crippen LogP contribution in [-0.2, 0) is 11.3 Å². The Hall–Kier alpha value is -1.68. The van der Waals surface area contributed by atoms with E-state index in [0.29, 0.717) is 29.6 Å². The van der Waals surface area contributed by atoms with Crippen molar-refractivity contribution in [1.29, 1.82) is 0 Å². The van der Waals surface area contributed by atoms with Crippen LogP contribution in [0.15, 0.2) is 24.3 Å². The average molecular weight is 291 g/mol. The first-order valence-electron chi connectivity index (χ1n) is 7.39. The van der Waals surface area contributed by atoms with Crippen LogP contribution in [0.3, 0.4) is 0 Å². The van der Waals surface area contributed by atoms with Gasteiger partial charge < -0.3 is 5.11 Å². The van der Waals surface area contributed by atoms with Crippen LogP contribution in [0, 0.1) is 11.7 Å². The maximum Gasteiger partial charge on any atom is 0.328 e. The van der Waals surface area contributed by atoms with Gasteiger partial charge in [0.15, 0.2) is 0 Å². The molecule has 114 valence electrons. The third-order valence-corrected chi connectivity index (χ3v) is 4.12. The third-order valence-electron chi connectivity index (χ3n) is 4.12. The quantitative estimate of drug-likeness (QED) is 0.863. The van der Waals surface area contributed by atoms with E-state index in [1.165, 1.54) is 18.6 Å². The molecule has 0 aromatic heterocycles. The summed E-state index contributed by atoms with van der Waals surface area (Å²) in [4.78, 5) is 12.8. The minimum absolute atomic E-state index is 0.270. The first-order chi connectivity index (χ1) is 9.95. The monoisotopic (exact) mass is 291 g/mol. The van der Waals surface area contributed by atoms with E-state index in [4.69, 9.17) is 5.11 Å². The predicted molar refractivity (Wildman–Crippen MR) is 81.3 cm³/mol. The van der Waals surface area contributed by atoms with Gasteiger partial charge in [0.25, 0.3) is 0 Å². The minimum atomic E-state index is -1.03. The first-order valence-corrected chi connectivity index (χ1v) is 7.39. The van der Waals surface area contributed by atoms with E-state index in [1.54, 1.807) is 12.1 Å². The molecule has 2 atom stereocenters. The Labute approximate surface area is 125 Å². The van der Waals surface area contributed by atoms with Crippen molar-refractivity contribution in [2.75, 3.05) is 6.54 Å². The molecule has 1 aromatic rings. The summed E-state index contributed by atoms with van der Waals surface area (Å²) in [6, 6.07) is 5.39. The minimum Gasteiger partial charge on any atom is -0.478 e. The van der Waals surface area contributed by atoms with Crippen LogP contribution in [0.1, 0.15) is 37.8 Å². The van der Waals surface area contributed by atoms with Crippen molar-refractivity contribution in [2.45, 2.75) is 39.3 Å². The predicted octanol–water partition coefficient (Wildman–Crippen LogP) is 3.54. The number of carbonyl (C=O) groups is 1. The molecule has 0 aliphatic carbocycles. The lowest BCUT2D eigenvalue weighted by molar-refractivity contribution is -0.131. The standard InChI is InChI=1S/C17H22FNO2/c1-12-3-4-13(2)19(10-12)11-15-7-5-14(9-16(15)18)6-8-17(20)21/h5-9,12-13H,3-4,10-11H2,1-2H3,(H,20,21). The highest BCUT2D eigenvalue weighted by atomic mass is 19.1. The molecule has 0 spiro atoms. The topological polar surface area (TPSA) is 40.5 Å². The summed E-state index contributed by atoms with van der Waals surface area (Å²) < 4.78 is 14.1. The number of carboxylic acid groups (broad SMARTS) is 1. The van der Waals surface area contributed by atoms with E-state index < -0.39 is 5.97 Å². The maximum atomic E-state index is 14.1. The summed E-state index contributed by atoms with van der Waals surface area (Å²) in [6.07, 6.45) is 4.81. The number of likely N-dealkylation sites (tertiary alicyclic amines) is 1. The molecular formula is C17H22FNO2. The summed E-state index contributed by atoms with van der Waals surface area (Å²) in [7, 11) is 0. The van der Waals surface area contributed by atoms with Gasteiger partial charge in [0, 0.05) is 30.8 Å². The fourth-order valence-electron chi connectivity index (χ4n) is 2.78. The Bertz CT molecular complexity index is 542. The van der Waals surface area contributed by atoms with Gasteiger partial charge in [0.2, 0.25) is 0 Å². The Morgan fingerprint density at radius 1 is 1.43 bits per heavy atom. The molecule has 0 amide bonds. The molecule has 21 heavy (non-hydrogen) atoms. The maximum absolute atomic E-state index is 14.1. The number of rotatable bonds is 4. The lowest BCUT2D eigenvalue weighted by atomic mass is 9.94. The molecule has 4 heteroatoms. The molecule has 1 aromatic carbocycles. The molecular weight excluding hydrogens is 269 g/mol. The van der Waals surface area contributed by atoms with E-state index in [2.05, 4.69) is 18.7 Å². The van der Waals surface area contributed by atoms with Gasteiger partial charge >= 0.3 is 5.97 Å². The normalized spacial score (nSPS) is 23.6. The smallest absolute Gasteiger partial charge is 0.328 e. The number of nitrogens with zero attached hydrogens (tertiary/aromatic N) is 1. The van der Waals surface area contributed by atoms with Crippen LogP contribution in [0.5, 0.6) is 0 Å². The molecule has 1 heterocycles. The summed E-state index contributed by atoms with van der Waals surface area (Å²) in [5, 5.41) is 8.58. The zero-order chi connectivity index (χ0) is 15.4. The molecule has 0 radical (unpaired) electrons. The van der Waals surface area contributed by atoms with Crippen molar-refractivity contribution >= 4 is 12.0 Å². The summed E-state index contributed by atoms with van der Waals surface area (Å²) >= 11 is 0. The number of piperidine rings is 1. The van der Waals surface area contributed by atoms with Crippen molar-refractivity contribution in [3.05, 3.63) is 41.2 Å². The van der Waals surface area contributed by atoms with Gasteiger partial charge in [-0.05, 0) is 43.4 Å². The molecule has 2 rings (SSSR count). The first kappa shape index (κ1) is 15.7. The second-order valence-corrected chi connectivity index (χ2v) is 5.98. The van der Waals surface area contributed by atoms with Crippen molar-refractivity contribution in [3.63, 3.8) is 0 Å². The van der Waals surface area contributed by atoms with Gasteiger partial charge in [-0.3, -0.25) is 4.90 Å². The van der Waals surface area contributed by atoms with Crippen LogP contribution in [0.2, 0.25) is 0 Å². The lowest BCUT2D eigenvalue weighted by Crippen LogP contribution is -2.40. The van der Waals surface area contributed by atoms with E-state index in [1.807, 2.05) is 0 Å². The van der Waals surface area contributed by atoms with E-state index >= 15 is 0 Å². The molecule has 0 saturated carbocycles. The van der Waals surface area contributed by atoms with Crippen molar-refractivity contribution < 1.29 is 14.3 Å². The molecule has 0 bridgehead atoms. The number of halogens is 1. The number of benzene rings is 1. The second kappa shape index (κ2) is 6.85. The summed E-state index contributed by atoms with van der Waals surface area (Å²) in [5.41, 5.74) is 1.24. The van der Waals surface area contributed by atoms with Gasteiger partial charge in [0.05, 0.1) is 0 Å². The van der Waals surface area contributed by atoms with Crippen LogP contribution < -0.4 is 0 Å². The van der Waals surface area contributed by atoms with Gasteiger partial charge in [-0.15, -0.1) is 0 Å². The average Bonchev–Trinajstić information content (AvgIpc) is 2.43. The number of hydrogen-bond acceptors (Lipinski definition) is 2. The van der Waals surface area contributed by atoms with Gasteiger partial charge in [-0.1, -0.05) is 19.1 Å². The zero-order valence-electron chi connectivity index (χ0n) is 12.6. The Morgan fingerprint density at radius 2 is 2.19 bits per heavy atom. The van der Waals surface area contributed by atoms with Gasteiger partial charge in [-0.25, -0.2) is 9.18 Å². The molecule has 1 fully saturated rings. The molecule has 1 saturated heterocycles. The SMILES string of the molecule is CC1CCC(C)N(Cc2ccc(C=CC(=O)O)cc2F)C1. The second-order valence-electron chi connectivity index (χ2n) is 5.98. The molecule has 1 aliphatic rings. The highest BCUT2D eigenvalue weighted by Crippen LogP contribution is 2.24. The molecule has 3 nitrogen and oxygen atoms in total. The molecule has 1 N–H and O–H groups in total. The van der Waals surface area contributed by atoms with Gasteiger partial charge in [-0.2, -0.15) is 0 Å². The Kier molecular flexibility index (Phi) is 5.12. The number of carboxylic acids is 1. The molecule has 1 aliphatic heterocycles. The third kappa shape index (κ3) is 4.39. The number of hydrogen-bond donors (Lipinski definition) is 1. The van der Waals surface area contributed by atoms with E-state index in [9.17, 15) is 9.18 Å². The zero-order valence-corrected chi connectivity index (χ0v) is 12.6. The Balaban J connectivity index is 2.08. The Morgan fingerprint density at radius 3 is 2.86 bits per heavy atom. The van der Waals surface area contributed by atoms with E-state index in [-0.39, 0.29) is 5.82 Å². The highest BCUT2D eigenvalue weighted by Gasteiger charge is 2.23. The van der Waals surface area contributed by atoms with E-state index in [0.717, 1.165) is 19.0 Å². The largest absolute Gasteiger partial charge is 0.478 e. The number of aliphatic carboxylic acids is 1.